The summed E-state index contributed by atoms with van der Waals surface area (Å²) < 4.78 is 0. The van der Waals surface area contributed by atoms with Gasteiger partial charge in [0.1, 0.15) is 0 Å². The SMILES string of the molecule is Cc1cccc2c[c]c(-c3ccccc3-c3ccccc3)nc12. The van der Waals surface area contributed by atoms with Crippen LogP contribution < -0.4 is 0 Å². The van der Waals surface area contributed by atoms with Crippen LogP contribution in [0.4, 0.5) is 0 Å². The van der Waals surface area contributed by atoms with Crippen molar-refractivity contribution in [2.45, 2.75) is 6.92 Å². The minimum Gasteiger partial charge on any atom is -0.247 e. The fourth-order valence-electron chi connectivity index (χ4n) is 2.94. The molecule has 4 rings (SSSR count). The lowest BCUT2D eigenvalue weighted by atomic mass is 9.97. The molecule has 4 aromatic rings. The molecular formula is C22H16N. The van der Waals surface area contributed by atoms with Crippen LogP contribution in [0.15, 0.2) is 78.9 Å². The van der Waals surface area contributed by atoms with Gasteiger partial charge in [-0.15, -0.1) is 0 Å². The van der Waals surface area contributed by atoms with Gasteiger partial charge in [-0.2, -0.15) is 0 Å². The molecule has 0 spiro atoms. The van der Waals surface area contributed by atoms with Gasteiger partial charge in [-0.25, -0.2) is 4.98 Å². The molecule has 0 amide bonds. The van der Waals surface area contributed by atoms with E-state index in [2.05, 4.69) is 79.7 Å². The van der Waals surface area contributed by atoms with E-state index >= 15 is 0 Å². The van der Waals surface area contributed by atoms with Gasteiger partial charge in [-0.05, 0) is 29.7 Å². The number of aromatic nitrogens is 1. The lowest BCUT2D eigenvalue weighted by Gasteiger charge is -2.10. The van der Waals surface area contributed by atoms with Crippen LogP contribution in [0.3, 0.4) is 0 Å². The van der Waals surface area contributed by atoms with Crippen LogP contribution in [-0.4, -0.2) is 4.98 Å². The highest BCUT2D eigenvalue weighted by atomic mass is 14.7. The van der Waals surface area contributed by atoms with E-state index in [0.717, 1.165) is 22.2 Å². The normalized spacial score (nSPS) is 10.8. The summed E-state index contributed by atoms with van der Waals surface area (Å²) in [6.45, 7) is 2.10. The zero-order valence-electron chi connectivity index (χ0n) is 13.0. The highest BCUT2D eigenvalue weighted by Crippen LogP contribution is 2.31. The van der Waals surface area contributed by atoms with Crippen molar-refractivity contribution in [1.29, 1.82) is 0 Å². The quantitative estimate of drug-likeness (QED) is 0.463. The van der Waals surface area contributed by atoms with E-state index in [4.69, 9.17) is 4.98 Å². The number of para-hydroxylation sites is 1. The molecule has 0 unspecified atom stereocenters. The second kappa shape index (κ2) is 5.69. The Morgan fingerprint density at radius 1 is 0.739 bits per heavy atom. The molecule has 1 heteroatoms. The summed E-state index contributed by atoms with van der Waals surface area (Å²) in [5.41, 5.74) is 6.63. The maximum atomic E-state index is 4.88. The second-order valence-electron chi connectivity index (χ2n) is 5.67. The Hall–Kier alpha value is -2.93. The van der Waals surface area contributed by atoms with Gasteiger partial charge in [0.05, 0.1) is 11.2 Å². The van der Waals surface area contributed by atoms with E-state index in [1.165, 1.54) is 16.7 Å². The van der Waals surface area contributed by atoms with Crippen molar-refractivity contribution in [3.05, 3.63) is 90.5 Å². The zero-order chi connectivity index (χ0) is 15.6. The number of fused-ring (bicyclic) bond motifs is 1. The molecule has 1 radical (unpaired) electrons. The van der Waals surface area contributed by atoms with E-state index in [-0.39, 0.29) is 0 Å². The molecule has 0 N–H and O–H groups in total. The number of hydrogen-bond acceptors (Lipinski definition) is 1. The van der Waals surface area contributed by atoms with Gasteiger partial charge < -0.3 is 0 Å². The molecule has 0 atom stereocenters. The molecule has 0 saturated heterocycles. The third-order valence-corrected chi connectivity index (χ3v) is 4.12. The smallest absolute Gasteiger partial charge is 0.0795 e. The summed E-state index contributed by atoms with van der Waals surface area (Å²) in [4.78, 5) is 4.88. The zero-order valence-corrected chi connectivity index (χ0v) is 13.0. The molecule has 1 nitrogen and oxygen atoms in total. The van der Waals surface area contributed by atoms with Crippen LogP contribution in [0.25, 0.3) is 33.3 Å². The van der Waals surface area contributed by atoms with E-state index in [0.29, 0.717) is 0 Å². The molecular weight excluding hydrogens is 278 g/mol. The Morgan fingerprint density at radius 2 is 1.48 bits per heavy atom. The highest BCUT2D eigenvalue weighted by molar-refractivity contribution is 5.87. The van der Waals surface area contributed by atoms with Crippen molar-refractivity contribution >= 4 is 10.9 Å². The van der Waals surface area contributed by atoms with Gasteiger partial charge in [0.2, 0.25) is 0 Å². The summed E-state index contributed by atoms with van der Waals surface area (Å²) in [5.74, 6) is 0. The van der Waals surface area contributed by atoms with E-state index < -0.39 is 0 Å². The maximum Gasteiger partial charge on any atom is 0.0795 e. The minimum atomic E-state index is 0.895. The number of pyridine rings is 1. The average molecular weight is 294 g/mol. The van der Waals surface area contributed by atoms with Gasteiger partial charge >= 0.3 is 0 Å². The van der Waals surface area contributed by atoms with Crippen molar-refractivity contribution in [2.24, 2.45) is 0 Å². The van der Waals surface area contributed by atoms with Crippen LogP contribution in [-0.2, 0) is 0 Å². The summed E-state index contributed by atoms with van der Waals surface area (Å²) in [7, 11) is 0. The Labute approximate surface area is 136 Å². The van der Waals surface area contributed by atoms with Crippen LogP contribution in [0.1, 0.15) is 5.56 Å². The van der Waals surface area contributed by atoms with E-state index in [1.807, 2.05) is 12.1 Å². The predicted molar refractivity (Wildman–Crippen MR) is 96.2 cm³/mol. The van der Waals surface area contributed by atoms with Crippen LogP contribution in [0.2, 0.25) is 0 Å². The molecule has 1 heterocycles. The summed E-state index contributed by atoms with van der Waals surface area (Å²) in [5, 5.41) is 1.13. The molecule has 0 aliphatic heterocycles. The number of nitrogens with zero attached hydrogens (tertiary/aromatic N) is 1. The first kappa shape index (κ1) is 13.7. The molecule has 23 heavy (non-hydrogen) atoms. The number of hydrogen-bond donors (Lipinski definition) is 0. The van der Waals surface area contributed by atoms with Crippen molar-refractivity contribution in [2.75, 3.05) is 0 Å². The number of rotatable bonds is 2. The van der Waals surface area contributed by atoms with Gasteiger partial charge in [0.25, 0.3) is 0 Å². The predicted octanol–water partition coefficient (Wildman–Crippen LogP) is 5.68. The van der Waals surface area contributed by atoms with Crippen molar-refractivity contribution in [1.82, 2.24) is 4.98 Å². The third kappa shape index (κ3) is 2.51. The summed E-state index contributed by atoms with van der Waals surface area (Å²) >= 11 is 0. The third-order valence-electron chi connectivity index (χ3n) is 4.12. The maximum absolute atomic E-state index is 4.88. The van der Waals surface area contributed by atoms with E-state index in [1.54, 1.807) is 0 Å². The van der Waals surface area contributed by atoms with Gasteiger partial charge in [-0.1, -0.05) is 72.8 Å². The van der Waals surface area contributed by atoms with Gasteiger partial charge in [-0.3, -0.25) is 0 Å². The Morgan fingerprint density at radius 3 is 2.30 bits per heavy atom. The van der Waals surface area contributed by atoms with Crippen LogP contribution in [0.5, 0.6) is 0 Å². The first-order chi connectivity index (χ1) is 11.3. The minimum absolute atomic E-state index is 0.895. The molecule has 0 aliphatic carbocycles. The monoisotopic (exact) mass is 294 g/mol. The lowest BCUT2D eigenvalue weighted by Crippen LogP contribution is -1.90. The second-order valence-corrected chi connectivity index (χ2v) is 5.67. The van der Waals surface area contributed by atoms with Gasteiger partial charge in [0, 0.05) is 17.0 Å². The highest BCUT2D eigenvalue weighted by Gasteiger charge is 2.09. The topological polar surface area (TPSA) is 12.9 Å². The Balaban J connectivity index is 1.94. The largest absolute Gasteiger partial charge is 0.247 e. The number of aryl methyl sites for hydroxylation is 1. The van der Waals surface area contributed by atoms with Gasteiger partial charge in [0.15, 0.2) is 0 Å². The lowest BCUT2D eigenvalue weighted by molar-refractivity contribution is 1.35. The first-order valence-corrected chi connectivity index (χ1v) is 7.76. The Bertz CT molecular complexity index is 971. The average Bonchev–Trinajstić information content (AvgIpc) is 2.63. The summed E-state index contributed by atoms with van der Waals surface area (Å²) in [6.07, 6.45) is 0. The van der Waals surface area contributed by atoms with Crippen molar-refractivity contribution < 1.29 is 0 Å². The van der Waals surface area contributed by atoms with Crippen LogP contribution >= 0.6 is 0 Å². The Kier molecular flexibility index (Phi) is 3.39. The molecule has 109 valence electrons. The summed E-state index contributed by atoms with van der Waals surface area (Å²) in [6, 6.07) is 30.4. The fourth-order valence-corrected chi connectivity index (χ4v) is 2.94. The molecule has 3 aromatic carbocycles. The van der Waals surface area contributed by atoms with Crippen molar-refractivity contribution in [3.63, 3.8) is 0 Å². The number of benzene rings is 3. The van der Waals surface area contributed by atoms with E-state index in [9.17, 15) is 0 Å². The molecule has 0 bridgehead atoms. The molecule has 0 saturated carbocycles. The fraction of sp³-hybridized carbons (Fsp3) is 0.0455. The molecule has 1 aromatic heterocycles. The molecule has 0 aliphatic rings. The van der Waals surface area contributed by atoms with Crippen LogP contribution in [0, 0.1) is 13.0 Å². The van der Waals surface area contributed by atoms with Crippen molar-refractivity contribution in [3.8, 4) is 22.4 Å². The standard InChI is InChI=1S/C22H16N/c1-16-8-7-11-18-14-15-21(23-22(16)18)20-13-6-5-12-19(20)17-9-3-2-4-10-17/h2-14H,1H3. The first-order valence-electron chi connectivity index (χ1n) is 7.76. The molecule has 0 fully saturated rings.